The Morgan fingerprint density at radius 3 is 3.06 bits per heavy atom. The number of thioether (sulfide) groups is 1. The molecular formula is C12H16N2O2S. The number of fused-ring (bicyclic) bond motifs is 1. The number of rotatable bonds is 5. The maximum atomic E-state index is 8.96. The number of aliphatic hydroxyl groups excluding tert-OH is 1. The molecule has 0 aliphatic rings. The fourth-order valence-corrected chi connectivity index (χ4v) is 2.33. The number of aliphatic hydroxyl groups is 1. The summed E-state index contributed by atoms with van der Waals surface area (Å²) in [5, 5.41) is 9.84. The van der Waals surface area contributed by atoms with Gasteiger partial charge < -0.3 is 14.8 Å². The lowest BCUT2D eigenvalue weighted by atomic mass is 10.2. The van der Waals surface area contributed by atoms with E-state index in [2.05, 4.69) is 9.97 Å². The molecule has 4 nitrogen and oxygen atoms in total. The van der Waals surface area contributed by atoms with E-state index in [0.717, 1.165) is 27.7 Å². The maximum absolute atomic E-state index is 8.96. The van der Waals surface area contributed by atoms with Crippen LogP contribution in [0.3, 0.4) is 0 Å². The number of imidazole rings is 1. The Morgan fingerprint density at radius 2 is 2.35 bits per heavy atom. The second-order valence-electron chi connectivity index (χ2n) is 4.02. The highest BCUT2D eigenvalue weighted by Gasteiger charge is 2.06. The molecule has 0 radical (unpaired) electrons. The van der Waals surface area contributed by atoms with Gasteiger partial charge in [-0.3, -0.25) is 0 Å². The van der Waals surface area contributed by atoms with Crippen molar-refractivity contribution in [1.29, 1.82) is 0 Å². The number of nitrogens with zero attached hydrogens (tertiary/aromatic N) is 1. The third-order valence-corrected chi connectivity index (χ3v) is 3.69. The van der Waals surface area contributed by atoms with Crippen molar-refractivity contribution in [2.75, 3.05) is 19.5 Å². The molecule has 0 saturated heterocycles. The van der Waals surface area contributed by atoms with E-state index < -0.39 is 0 Å². The van der Waals surface area contributed by atoms with Crippen molar-refractivity contribution < 1.29 is 9.84 Å². The van der Waals surface area contributed by atoms with E-state index in [1.165, 1.54) is 0 Å². The van der Waals surface area contributed by atoms with E-state index in [1.54, 1.807) is 18.9 Å². The molecule has 0 fully saturated rings. The van der Waals surface area contributed by atoms with E-state index in [0.29, 0.717) is 0 Å². The van der Waals surface area contributed by atoms with Crippen molar-refractivity contribution in [2.45, 2.75) is 12.1 Å². The molecule has 5 heteroatoms. The zero-order chi connectivity index (χ0) is 12.3. The Morgan fingerprint density at radius 1 is 1.53 bits per heavy atom. The van der Waals surface area contributed by atoms with Crippen LogP contribution in [0, 0.1) is 5.92 Å². The van der Waals surface area contributed by atoms with Gasteiger partial charge in [-0.15, -0.1) is 0 Å². The van der Waals surface area contributed by atoms with E-state index in [4.69, 9.17) is 9.84 Å². The summed E-state index contributed by atoms with van der Waals surface area (Å²) in [6.45, 7) is 2.22. The van der Waals surface area contributed by atoms with Crippen LogP contribution in [0.1, 0.15) is 6.92 Å². The first-order valence-corrected chi connectivity index (χ1v) is 6.49. The molecule has 1 aromatic carbocycles. The van der Waals surface area contributed by atoms with Crippen molar-refractivity contribution in [3.63, 3.8) is 0 Å². The molecule has 0 aliphatic carbocycles. The van der Waals surface area contributed by atoms with Crippen molar-refractivity contribution >= 4 is 22.8 Å². The lowest BCUT2D eigenvalue weighted by molar-refractivity contribution is 0.250. The number of hydrogen-bond donors (Lipinski definition) is 2. The Labute approximate surface area is 104 Å². The first-order chi connectivity index (χ1) is 8.22. The second-order valence-corrected chi connectivity index (χ2v) is 5.03. The van der Waals surface area contributed by atoms with E-state index >= 15 is 0 Å². The van der Waals surface area contributed by atoms with Gasteiger partial charge in [-0.2, -0.15) is 0 Å². The molecule has 2 rings (SSSR count). The zero-order valence-corrected chi connectivity index (χ0v) is 10.8. The molecule has 1 aromatic heterocycles. The summed E-state index contributed by atoms with van der Waals surface area (Å²) >= 11 is 1.62. The third kappa shape index (κ3) is 2.92. The fraction of sp³-hybridized carbons (Fsp3) is 0.417. The molecule has 1 heterocycles. The standard InChI is InChI=1S/C12H16N2O2S/c1-8(6-15)7-17-12-13-10-4-3-9(16-2)5-11(10)14-12/h3-5,8,15H,6-7H2,1-2H3,(H,13,14). The second kappa shape index (κ2) is 5.42. The van der Waals surface area contributed by atoms with Crippen LogP contribution in [-0.2, 0) is 0 Å². The molecule has 0 spiro atoms. The number of hydrogen-bond acceptors (Lipinski definition) is 4. The highest BCUT2D eigenvalue weighted by atomic mass is 32.2. The summed E-state index contributed by atoms with van der Waals surface area (Å²) in [6.07, 6.45) is 0. The molecule has 0 bridgehead atoms. The molecule has 92 valence electrons. The highest BCUT2D eigenvalue weighted by Crippen LogP contribution is 2.24. The third-order valence-electron chi connectivity index (χ3n) is 2.48. The number of ether oxygens (including phenoxy) is 1. The van der Waals surface area contributed by atoms with Crippen molar-refractivity contribution in [3.05, 3.63) is 18.2 Å². The molecule has 0 amide bonds. The van der Waals surface area contributed by atoms with Crippen molar-refractivity contribution in [3.8, 4) is 5.75 Å². The zero-order valence-electron chi connectivity index (χ0n) is 9.93. The van der Waals surface area contributed by atoms with Crippen LogP contribution >= 0.6 is 11.8 Å². The monoisotopic (exact) mass is 252 g/mol. The van der Waals surface area contributed by atoms with Gasteiger partial charge in [-0.25, -0.2) is 4.98 Å². The van der Waals surface area contributed by atoms with Crippen LogP contribution in [-0.4, -0.2) is 34.5 Å². The summed E-state index contributed by atoms with van der Waals surface area (Å²) < 4.78 is 5.16. The Bertz CT molecular complexity index is 498. The normalized spacial score (nSPS) is 12.9. The minimum atomic E-state index is 0.209. The number of H-pyrrole nitrogens is 1. The van der Waals surface area contributed by atoms with Gasteiger partial charge in [0.15, 0.2) is 5.16 Å². The van der Waals surface area contributed by atoms with Crippen molar-refractivity contribution in [2.24, 2.45) is 5.92 Å². The summed E-state index contributed by atoms with van der Waals surface area (Å²) in [5.41, 5.74) is 1.91. The van der Waals surface area contributed by atoms with Gasteiger partial charge in [0.2, 0.25) is 0 Å². The first kappa shape index (κ1) is 12.3. The lowest BCUT2D eigenvalue weighted by Gasteiger charge is -2.03. The predicted molar refractivity (Wildman–Crippen MR) is 69.6 cm³/mol. The number of aromatic nitrogens is 2. The van der Waals surface area contributed by atoms with Crippen LogP contribution in [0.4, 0.5) is 0 Å². The maximum Gasteiger partial charge on any atom is 0.166 e. The van der Waals surface area contributed by atoms with E-state index in [9.17, 15) is 0 Å². The average molecular weight is 252 g/mol. The van der Waals surface area contributed by atoms with E-state index in [-0.39, 0.29) is 12.5 Å². The van der Waals surface area contributed by atoms with E-state index in [1.807, 2.05) is 25.1 Å². The molecule has 0 aliphatic heterocycles. The number of methoxy groups -OCH3 is 1. The summed E-state index contributed by atoms with van der Waals surface area (Å²) in [6, 6.07) is 5.76. The van der Waals surface area contributed by atoms with Gasteiger partial charge in [0.05, 0.1) is 18.1 Å². The van der Waals surface area contributed by atoms with Gasteiger partial charge in [-0.05, 0) is 18.1 Å². The Hall–Kier alpha value is -1.20. The van der Waals surface area contributed by atoms with Gasteiger partial charge in [0.1, 0.15) is 5.75 Å². The quantitative estimate of drug-likeness (QED) is 0.802. The smallest absolute Gasteiger partial charge is 0.166 e. The molecular weight excluding hydrogens is 236 g/mol. The molecule has 0 saturated carbocycles. The minimum absolute atomic E-state index is 0.209. The minimum Gasteiger partial charge on any atom is -0.497 e. The van der Waals surface area contributed by atoms with Crippen LogP contribution in [0.5, 0.6) is 5.75 Å². The average Bonchev–Trinajstić information content (AvgIpc) is 2.77. The van der Waals surface area contributed by atoms with Crippen LogP contribution < -0.4 is 4.74 Å². The fourth-order valence-electron chi connectivity index (χ4n) is 1.43. The Balaban J connectivity index is 2.14. The number of benzene rings is 1. The summed E-state index contributed by atoms with van der Waals surface area (Å²) in [7, 11) is 1.65. The summed E-state index contributed by atoms with van der Waals surface area (Å²) in [4.78, 5) is 7.70. The van der Waals surface area contributed by atoms with Gasteiger partial charge >= 0.3 is 0 Å². The predicted octanol–water partition coefficient (Wildman–Crippen LogP) is 2.29. The number of aromatic amines is 1. The van der Waals surface area contributed by atoms with Crippen LogP contribution in [0.25, 0.3) is 11.0 Å². The SMILES string of the molecule is COc1ccc2nc(SCC(C)CO)[nH]c2c1. The van der Waals surface area contributed by atoms with Crippen LogP contribution in [0.15, 0.2) is 23.4 Å². The topological polar surface area (TPSA) is 58.1 Å². The lowest BCUT2D eigenvalue weighted by Crippen LogP contribution is -2.03. The van der Waals surface area contributed by atoms with Gasteiger partial charge in [-0.1, -0.05) is 18.7 Å². The van der Waals surface area contributed by atoms with Gasteiger partial charge in [0.25, 0.3) is 0 Å². The molecule has 1 unspecified atom stereocenters. The van der Waals surface area contributed by atoms with Crippen LogP contribution in [0.2, 0.25) is 0 Å². The summed E-state index contributed by atoms with van der Waals surface area (Å²) in [5.74, 6) is 1.96. The largest absolute Gasteiger partial charge is 0.497 e. The number of nitrogens with one attached hydrogen (secondary N) is 1. The first-order valence-electron chi connectivity index (χ1n) is 5.50. The van der Waals surface area contributed by atoms with Crippen molar-refractivity contribution in [1.82, 2.24) is 9.97 Å². The molecule has 2 aromatic rings. The highest BCUT2D eigenvalue weighted by molar-refractivity contribution is 7.99. The molecule has 1 atom stereocenters. The van der Waals surface area contributed by atoms with Gasteiger partial charge in [0, 0.05) is 18.4 Å². The molecule has 17 heavy (non-hydrogen) atoms. The molecule has 2 N–H and O–H groups in total. The Kier molecular flexibility index (Phi) is 3.91.